The lowest BCUT2D eigenvalue weighted by Gasteiger charge is -2.22. The van der Waals surface area contributed by atoms with Crippen LogP contribution in [0.25, 0.3) is 0 Å². The topological polar surface area (TPSA) is 41.1 Å². The molecule has 1 unspecified atom stereocenters. The molecule has 1 amide bonds. The molecule has 0 radical (unpaired) electrons. The van der Waals surface area contributed by atoms with Crippen LogP contribution in [0.4, 0.5) is 0 Å². The Labute approximate surface area is 115 Å². The van der Waals surface area contributed by atoms with E-state index in [1.807, 2.05) is 18.2 Å². The van der Waals surface area contributed by atoms with Crippen LogP contribution in [0.5, 0.6) is 0 Å². The average Bonchev–Trinajstić information content (AvgIpc) is 2.85. The highest BCUT2D eigenvalue weighted by atomic mass is 16.2. The van der Waals surface area contributed by atoms with E-state index in [1.165, 1.54) is 5.56 Å². The molecule has 0 aliphatic carbocycles. The van der Waals surface area contributed by atoms with E-state index < -0.39 is 0 Å². The minimum Gasteiger partial charge on any atom is -0.349 e. The van der Waals surface area contributed by atoms with Gasteiger partial charge in [-0.05, 0) is 24.4 Å². The number of rotatable bonds is 5. The molecule has 1 aliphatic rings. The first-order chi connectivity index (χ1) is 9.22. The van der Waals surface area contributed by atoms with E-state index in [-0.39, 0.29) is 17.9 Å². The molecule has 2 rings (SSSR count). The molecule has 3 atom stereocenters. The van der Waals surface area contributed by atoms with Gasteiger partial charge in [0.2, 0.25) is 5.91 Å². The van der Waals surface area contributed by atoms with Crippen molar-refractivity contribution < 1.29 is 4.79 Å². The molecular weight excluding hydrogens is 236 g/mol. The lowest BCUT2D eigenvalue weighted by Crippen LogP contribution is -2.36. The predicted molar refractivity (Wildman–Crippen MR) is 77.8 cm³/mol. The van der Waals surface area contributed by atoms with Gasteiger partial charge in [0.15, 0.2) is 0 Å². The molecule has 1 heterocycles. The summed E-state index contributed by atoms with van der Waals surface area (Å²) in [6, 6.07) is 10.4. The molecule has 0 aromatic heterocycles. The van der Waals surface area contributed by atoms with Gasteiger partial charge in [-0.25, -0.2) is 0 Å². The molecule has 19 heavy (non-hydrogen) atoms. The molecule has 0 spiro atoms. The zero-order chi connectivity index (χ0) is 13.7. The van der Waals surface area contributed by atoms with E-state index in [0.29, 0.717) is 5.92 Å². The predicted octanol–water partition coefficient (Wildman–Crippen LogP) is 2.50. The molecule has 1 aromatic carbocycles. The summed E-state index contributed by atoms with van der Waals surface area (Å²) in [7, 11) is 0. The maximum atomic E-state index is 12.4. The van der Waals surface area contributed by atoms with Gasteiger partial charge < -0.3 is 10.6 Å². The summed E-state index contributed by atoms with van der Waals surface area (Å²) in [6.45, 7) is 6.05. The number of amides is 1. The van der Waals surface area contributed by atoms with Crippen LogP contribution in [-0.2, 0) is 4.79 Å². The summed E-state index contributed by atoms with van der Waals surface area (Å²) in [5, 5.41) is 6.51. The molecule has 3 nitrogen and oxygen atoms in total. The quantitative estimate of drug-likeness (QED) is 0.854. The molecule has 0 bridgehead atoms. The third kappa shape index (κ3) is 3.57. The minimum atomic E-state index is 0.114. The Bertz CT molecular complexity index is 404. The van der Waals surface area contributed by atoms with E-state index in [4.69, 9.17) is 0 Å². The zero-order valence-electron chi connectivity index (χ0n) is 11.9. The molecule has 1 saturated heterocycles. The van der Waals surface area contributed by atoms with Crippen molar-refractivity contribution in [3.63, 3.8) is 0 Å². The number of benzene rings is 1. The molecule has 1 aliphatic heterocycles. The van der Waals surface area contributed by atoms with Crippen molar-refractivity contribution in [3.8, 4) is 0 Å². The van der Waals surface area contributed by atoms with Crippen molar-refractivity contribution in [1.82, 2.24) is 10.6 Å². The third-order valence-corrected chi connectivity index (χ3v) is 3.95. The molecule has 1 fully saturated rings. The van der Waals surface area contributed by atoms with Gasteiger partial charge >= 0.3 is 0 Å². The second-order valence-corrected chi connectivity index (χ2v) is 5.50. The highest BCUT2D eigenvalue weighted by Crippen LogP contribution is 2.21. The SMILES string of the molecule is CCCC(NC(=O)[C@@H]1CNC[C@H]1C)c1ccccc1. The van der Waals surface area contributed by atoms with Gasteiger partial charge in [0.05, 0.1) is 12.0 Å². The van der Waals surface area contributed by atoms with Gasteiger partial charge in [0, 0.05) is 6.54 Å². The molecule has 1 aromatic rings. The summed E-state index contributed by atoms with van der Waals surface area (Å²) in [6.07, 6.45) is 2.06. The second kappa shape index (κ2) is 6.71. The van der Waals surface area contributed by atoms with E-state index in [9.17, 15) is 4.79 Å². The fourth-order valence-corrected chi connectivity index (χ4v) is 2.74. The fourth-order valence-electron chi connectivity index (χ4n) is 2.74. The summed E-state index contributed by atoms with van der Waals surface area (Å²) >= 11 is 0. The molecular formula is C16H24N2O. The van der Waals surface area contributed by atoms with Crippen molar-refractivity contribution in [1.29, 1.82) is 0 Å². The number of hydrogen-bond acceptors (Lipinski definition) is 2. The first-order valence-corrected chi connectivity index (χ1v) is 7.28. The first kappa shape index (κ1) is 14.1. The number of carbonyl (C=O) groups is 1. The van der Waals surface area contributed by atoms with Gasteiger partial charge in [-0.15, -0.1) is 0 Å². The van der Waals surface area contributed by atoms with Crippen LogP contribution in [0, 0.1) is 11.8 Å². The fraction of sp³-hybridized carbons (Fsp3) is 0.562. The third-order valence-electron chi connectivity index (χ3n) is 3.95. The van der Waals surface area contributed by atoms with Crippen LogP contribution in [0.1, 0.15) is 38.3 Å². The Hall–Kier alpha value is -1.35. The maximum Gasteiger partial charge on any atom is 0.225 e. The second-order valence-electron chi connectivity index (χ2n) is 5.50. The van der Waals surface area contributed by atoms with E-state index in [2.05, 4.69) is 36.6 Å². The van der Waals surface area contributed by atoms with Gasteiger partial charge in [-0.3, -0.25) is 4.79 Å². The Morgan fingerprint density at radius 2 is 2.11 bits per heavy atom. The lowest BCUT2D eigenvalue weighted by molar-refractivity contribution is -0.126. The van der Waals surface area contributed by atoms with Crippen molar-refractivity contribution in [3.05, 3.63) is 35.9 Å². The summed E-state index contributed by atoms with van der Waals surface area (Å²) in [5.41, 5.74) is 1.20. The van der Waals surface area contributed by atoms with Crippen molar-refractivity contribution in [2.75, 3.05) is 13.1 Å². The summed E-state index contributed by atoms with van der Waals surface area (Å²) < 4.78 is 0. The van der Waals surface area contributed by atoms with Crippen molar-refractivity contribution >= 4 is 5.91 Å². The first-order valence-electron chi connectivity index (χ1n) is 7.28. The largest absolute Gasteiger partial charge is 0.349 e. The van der Waals surface area contributed by atoms with Crippen LogP contribution < -0.4 is 10.6 Å². The summed E-state index contributed by atoms with van der Waals surface area (Å²) in [5.74, 6) is 0.737. The highest BCUT2D eigenvalue weighted by molar-refractivity contribution is 5.80. The van der Waals surface area contributed by atoms with Crippen LogP contribution in [-0.4, -0.2) is 19.0 Å². The molecule has 104 valence electrons. The van der Waals surface area contributed by atoms with Crippen molar-refractivity contribution in [2.45, 2.75) is 32.7 Å². The number of nitrogens with one attached hydrogen (secondary N) is 2. The highest BCUT2D eigenvalue weighted by Gasteiger charge is 2.30. The normalized spacial score (nSPS) is 24.1. The molecule has 3 heteroatoms. The Kier molecular flexibility index (Phi) is 4.97. The Morgan fingerprint density at radius 1 is 1.37 bits per heavy atom. The van der Waals surface area contributed by atoms with Gasteiger partial charge in [0.1, 0.15) is 0 Å². The van der Waals surface area contributed by atoms with Gasteiger partial charge in [-0.2, -0.15) is 0 Å². The average molecular weight is 260 g/mol. The number of hydrogen-bond donors (Lipinski definition) is 2. The van der Waals surface area contributed by atoms with Crippen LogP contribution in [0.3, 0.4) is 0 Å². The van der Waals surface area contributed by atoms with Crippen LogP contribution in [0.15, 0.2) is 30.3 Å². The Balaban J connectivity index is 2.02. The monoisotopic (exact) mass is 260 g/mol. The smallest absolute Gasteiger partial charge is 0.225 e. The lowest BCUT2D eigenvalue weighted by atomic mass is 9.95. The van der Waals surface area contributed by atoms with E-state index in [0.717, 1.165) is 25.9 Å². The van der Waals surface area contributed by atoms with Crippen LogP contribution in [0.2, 0.25) is 0 Å². The molecule has 0 saturated carbocycles. The van der Waals surface area contributed by atoms with Gasteiger partial charge in [-0.1, -0.05) is 50.6 Å². The standard InChI is InChI=1S/C16H24N2O/c1-3-7-15(13-8-5-4-6-9-13)18-16(19)14-11-17-10-12(14)2/h4-6,8-9,12,14-15,17H,3,7,10-11H2,1-2H3,(H,18,19)/t12-,14-,15?/m1/s1. The van der Waals surface area contributed by atoms with Crippen LogP contribution >= 0.6 is 0 Å². The summed E-state index contributed by atoms with van der Waals surface area (Å²) in [4.78, 5) is 12.4. The molecule has 2 N–H and O–H groups in total. The minimum absolute atomic E-state index is 0.114. The maximum absolute atomic E-state index is 12.4. The van der Waals surface area contributed by atoms with E-state index in [1.54, 1.807) is 0 Å². The zero-order valence-corrected chi connectivity index (χ0v) is 11.9. The Morgan fingerprint density at radius 3 is 2.68 bits per heavy atom. The number of carbonyl (C=O) groups excluding carboxylic acids is 1. The van der Waals surface area contributed by atoms with Gasteiger partial charge in [0.25, 0.3) is 0 Å². The van der Waals surface area contributed by atoms with E-state index >= 15 is 0 Å². The van der Waals surface area contributed by atoms with Crippen molar-refractivity contribution in [2.24, 2.45) is 11.8 Å².